The first-order valence-electron chi connectivity index (χ1n) is 5.08. The Morgan fingerprint density at radius 1 is 1.27 bits per heavy atom. The van der Waals surface area contributed by atoms with E-state index in [1.807, 2.05) is 6.92 Å². The lowest BCUT2D eigenvalue weighted by molar-refractivity contribution is -0.131. The molecule has 0 aliphatic rings. The predicted molar refractivity (Wildman–Crippen MR) is 59.5 cm³/mol. The van der Waals surface area contributed by atoms with Gasteiger partial charge in [-0.25, -0.2) is 0 Å². The standard InChI is InChI=1S/C10H21N3O2/c1-6-13(5)9(14)7-11-8(2)10(15)12(3)4/h8,11H,6-7H2,1-5H3. The molecule has 0 radical (unpaired) electrons. The number of hydrogen-bond acceptors (Lipinski definition) is 3. The van der Waals surface area contributed by atoms with Crippen LogP contribution < -0.4 is 5.32 Å². The molecule has 0 aliphatic heterocycles. The highest BCUT2D eigenvalue weighted by Gasteiger charge is 2.15. The summed E-state index contributed by atoms with van der Waals surface area (Å²) in [5, 5.41) is 2.90. The fraction of sp³-hybridized carbons (Fsp3) is 0.800. The van der Waals surface area contributed by atoms with Crippen LogP contribution in [0.5, 0.6) is 0 Å². The van der Waals surface area contributed by atoms with Crippen LogP contribution in [0.15, 0.2) is 0 Å². The van der Waals surface area contributed by atoms with Gasteiger partial charge in [0.05, 0.1) is 12.6 Å². The first-order valence-corrected chi connectivity index (χ1v) is 5.08. The average molecular weight is 215 g/mol. The minimum Gasteiger partial charge on any atom is -0.347 e. The molecule has 0 rings (SSSR count). The Bertz CT molecular complexity index is 229. The average Bonchev–Trinajstić information content (AvgIpc) is 2.22. The Labute approximate surface area is 91.4 Å². The fourth-order valence-corrected chi connectivity index (χ4v) is 1.03. The minimum atomic E-state index is -0.325. The molecule has 0 saturated carbocycles. The number of likely N-dealkylation sites (N-methyl/N-ethyl adjacent to an activating group) is 2. The summed E-state index contributed by atoms with van der Waals surface area (Å²) < 4.78 is 0. The molecule has 5 heteroatoms. The summed E-state index contributed by atoms with van der Waals surface area (Å²) >= 11 is 0. The van der Waals surface area contributed by atoms with Crippen LogP contribution in [0.3, 0.4) is 0 Å². The molecule has 1 N–H and O–H groups in total. The topological polar surface area (TPSA) is 52.7 Å². The molecule has 1 atom stereocenters. The van der Waals surface area contributed by atoms with Crippen molar-refractivity contribution in [3.05, 3.63) is 0 Å². The van der Waals surface area contributed by atoms with Gasteiger partial charge in [-0.1, -0.05) is 0 Å². The van der Waals surface area contributed by atoms with Gasteiger partial charge in [0, 0.05) is 27.7 Å². The van der Waals surface area contributed by atoms with E-state index in [1.54, 1.807) is 33.0 Å². The maximum atomic E-state index is 11.4. The van der Waals surface area contributed by atoms with Crippen molar-refractivity contribution in [1.29, 1.82) is 0 Å². The second-order valence-corrected chi connectivity index (χ2v) is 3.74. The Hall–Kier alpha value is -1.10. The van der Waals surface area contributed by atoms with Crippen LogP contribution in [0.25, 0.3) is 0 Å². The van der Waals surface area contributed by atoms with Crippen LogP contribution in [0.1, 0.15) is 13.8 Å². The summed E-state index contributed by atoms with van der Waals surface area (Å²) in [5.74, 6) is -0.0298. The number of hydrogen-bond donors (Lipinski definition) is 1. The Balaban J connectivity index is 3.95. The first-order chi connectivity index (χ1) is 6.90. The zero-order valence-electron chi connectivity index (χ0n) is 10.2. The van der Waals surface area contributed by atoms with Gasteiger partial charge in [-0.15, -0.1) is 0 Å². The summed E-state index contributed by atoms with van der Waals surface area (Å²) in [6.07, 6.45) is 0. The highest BCUT2D eigenvalue weighted by atomic mass is 16.2. The number of amides is 2. The lowest BCUT2D eigenvalue weighted by atomic mass is 10.3. The van der Waals surface area contributed by atoms with Gasteiger partial charge < -0.3 is 9.80 Å². The molecule has 0 bridgehead atoms. The number of nitrogens with zero attached hydrogens (tertiary/aromatic N) is 2. The molecule has 5 nitrogen and oxygen atoms in total. The van der Waals surface area contributed by atoms with Gasteiger partial charge in [0.2, 0.25) is 11.8 Å². The Kier molecular flexibility index (Phi) is 5.93. The smallest absolute Gasteiger partial charge is 0.238 e. The van der Waals surface area contributed by atoms with Crippen LogP contribution in [-0.4, -0.2) is 61.9 Å². The molecule has 2 amide bonds. The maximum absolute atomic E-state index is 11.4. The normalized spacial score (nSPS) is 12.1. The van der Waals surface area contributed by atoms with Gasteiger partial charge in [-0.2, -0.15) is 0 Å². The van der Waals surface area contributed by atoms with Crippen molar-refractivity contribution in [2.45, 2.75) is 19.9 Å². The third-order valence-corrected chi connectivity index (χ3v) is 2.27. The zero-order chi connectivity index (χ0) is 12.0. The van der Waals surface area contributed by atoms with Gasteiger partial charge in [-0.05, 0) is 13.8 Å². The number of carbonyl (C=O) groups is 2. The number of rotatable bonds is 5. The van der Waals surface area contributed by atoms with Crippen molar-refractivity contribution in [2.24, 2.45) is 0 Å². The molecule has 0 aromatic rings. The lowest BCUT2D eigenvalue weighted by Gasteiger charge is -2.20. The molecular weight excluding hydrogens is 194 g/mol. The molecule has 0 spiro atoms. The second kappa shape index (κ2) is 6.40. The van der Waals surface area contributed by atoms with Crippen LogP contribution in [0.2, 0.25) is 0 Å². The second-order valence-electron chi connectivity index (χ2n) is 3.74. The van der Waals surface area contributed by atoms with E-state index in [9.17, 15) is 9.59 Å². The third kappa shape index (κ3) is 4.78. The first kappa shape index (κ1) is 13.9. The van der Waals surface area contributed by atoms with Gasteiger partial charge >= 0.3 is 0 Å². The highest BCUT2D eigenvalue weighted by Crippen LogP contribution is 1.89. The molecular formula is C10H21N3O2. The molecule has 0 saturated heterocycles. The van der Waals surface area contributed by atoms with Crippen LogP contribution in [-0.2, 0) is 9.59 Å². The largest absolute Gasteiger partial charge is 0.347 e. The van der Waals surface area contributed by atoms with Crippen LogP contribution in [0.4, 0.5) is 0 Å². The summed E-state index contributed by atoms with van der Waals surface area (Å²) in [6.45, 7) is 4.54. The van der Waals surface area contributed by atoms with E-state index in [0.717, 1.165) is 0 Å². The Morgan fingerprint density at radius 3 is 2.20 bits per heavy atom. The van der Waals surface area contributed by atoms with E-state index in [-0.39, 0.29) is 24.4 Å². The fourth-order valence-electron chi connectivity index (χ4n) is 1.03. The van der Waals surface area contributed by atoms with E-state index in [4.69, 9.17) is 0 Å². The lowest BCUT2D eigenvalue weighted by Crippen LogP contribution is -2.45. The zero-order valence-corrected chi connectivity index (χ0v) is 10.2. The van der Waals surface area contributed by atoms with Crippen molar-refractivity contribution in [2.75, 3.05) is 34.2 Å². The van der Waals surface area contributed by atoms with Gasteiger partial charge in [-0.3, -0.25) is 14.9 Å². The SMILES string of the molecule is CCN(C)C(=O)CNC(C)C(=O)N(C)C. The Morgan fingerprint density at radius 2 is 1.80 bits per heavy atom. The van der Waals surface area contributed by atoms with Crippen molar-refractivity contribution < 1.29 is 9.59 Å². The van der Waals surface area contributed by atoms with E-state index >= 15 is 0 Å². The summed E-state index contributed by atoms with van der Waals surface area (Å²) in [4.78, 5) is 26.0. The molecule has 88 valence electrons. The molecule has 15 heavy (non-hydrogen) atoms. The van der Waals surface area contributed by atoms with Crippen molar-refractivity contribution in [3.8, 4) is 0 Å². The van der Waals surface area contributed by atoms with Crippen LogP contribution >= 0.6 is 0 Å². The van der Waals surface area contributed by atoms with E-state index in [1.165, 1.54) is 4.90 Å². The van der Waals surface area contributed by atoms with Crippen molar-refractivity contribution in [1.82, 2.24) is 15.1 Å². The van der Waals surface area contributed by atoms with E-state index < -0.39 is 0 Å². The van der Waals surface area contributed by atoms with Gasteiger partial charge in [0.25, 0.3) is 0 Å². The molecule has 0 heterocycles. The van der Waals surface area contributed by atoms with E-state index in [2.05, 4.69) is 5.32 Å². The minimum absolute atomic E-state index is 0.00379. The molecule has 0 aromatic heterocycles. The van der Waals surface area contributed by atoms with Crippen LogP contribution in [0, 0.1) is 0 Å². The van der Waals surface area contributed by atoms with Gasteiger partial charge in [0.1, 0.15) is 0 Å². The molecule has 0 aliphatic carbocycles. The maximum Gasteiger partial charge on any atom is 0.238 e. The molecule has 0 fully saturated rings. The van der Waals surface area contributed by atoms with Crippen molar-refractivity contribution >= 4 is 11.8 Å². The molecule has 1 unspecified atom stereocenters. The highest BCUT2D eigenvalue weighted by molar-refractivity contribution is 5.83. The number of carbonyl (C=O) groups excluding carboxylic acids is 2. The number of nitrogens with one attached hydrogen (secondary N) is 1. The third-order valence-electron chi connectivity index (χ3n) is 2.27. The monoisotopic (exact) mass is 215 g/mol. The summed E-state index contributed by atoms with van der Waals surface area (Å²) in [5.41, 5.74) is 0. The summed E-state index contributed by atoms with van der Waals surface area (Å²) in [7, 11) is 5.13. The quantitative estimate of drug-likeness (QED) is 0.674. The van der Waals surface area contributed by atoms with E-state index in [0.29, 0.717) is 6.54 Å². The van der Waals surface area contributed by atoms with Crippen molar-refractivity contribution in [3.63, 3.8) is 0 Å². The predicted octanol–water partition coefficient (Wildman–Crippen LogP) is -0.469. The molecule has 0 aromatic carbocycles. The summed E-state index contributed by atoms with van der Waals surface area (Å²) in [6, 6.07) is -0.325. The van der Waals surface area contributed by atoms with Gasteiger partial charge in [0.15, 0.2) is 0 Å².